The molecule has 1 amide bonds. The van der Waals surface area contributed by atoms with E-state index in [-0.39, 0.29) is 11.4 Å². The minimum atomic E-state index is -0.297. The van der Waals surface area contributed by atoms with Gasteiger partial charge in [0.1, 0.15) is 0 Å². The van der Waals surface area contributed by atoms with Gasteiger partial charge in [0.25, 0.3) is 5.91 Å². The minimum absolute atomic E-state index is 0.193. The number of halogens is 1. The second-order valence-electron chi connectivity index (χ2n) is 6.08. The Morgan fingerprint density at radius 3 is 2.36 bits per heavy atom. The van der Waals surface area contributed by atoms with Crippen LogP contribution in [0.1, 0.15) is 36.7 Å². The Balaban J connectivity index is 2.10. The summed E-state index contributed by atoms with van der Waals surface area (Å²) < 4.78 is 0. The van der Waals surface area contributed by atoms with Crippen LogP contribution < -0.4 is 10.6 Å². The summed E-state index contributed by atoms with van der Waals surface area (Å²) in [7, 11) is 0. The van der Waals surface area contributed by atoms with E-state index >= 15 is 0 Å². The minimum Gasteiger partial charge on any atom is -0.347 e. The number of nitrogens with zero attached hydrogens (tertiary/aromatic N) is 2. The first-order valence-corrected chi connectivity index (χ1v) is 7.30. The fourth-order valence-electron chi connectivity index (χ4n) is 1.81. The maximum atomic E-state index is 12.0. The highest BCUT2D eigenvalue weighted by molar-refractivity contribution is 6.30. The molecule has 0 atom stereocenters. The van der Waals surface area contributed by atoms with Gasteiger partial charge < -0.3 is 10.6 Å². The highest BCUT2D eigenvalue weighted by atomic mass is 35.5. The zero-order chi connectivity index (χ0) is 16.3. The smallest absolute Gasteiger partial charge is 0.254 e. The fraction of sp³-hybridized carbons (Fsp3) is 0.312. The number of benzene rings is 1. The Kier molecular flexibility index (Phi) is 4.66. The first-order valence-electron chi connectivity index (χ1n) is 6.92. The van der Waals surface area contributed by atoms with Gasteiger partial charge in [-0.2, -0.15) is 0 Å². The molecular weight excluding hydrogens is 300 g/mol. The molecule has 0 fully saturated rings. The summed E-state index contributed by atoms with van der Waals surface area (Å²) in [5, 5.41) is 6.65. The summed E-state index contributed by atoms with van der Waals surface area (Å²) in [6.45, 7) is 7.71. The molecule has 0 radical (unpaired) electrons. The standard InChI is InChI=1S/C16H19ClN4O/c1-10-7-12(17)5-6-13(10)20-15-18-8-11(9-19-15)14(22)21-16(2,3)4/h5-9H,1-4H3,(H,21,22)(H,18,19,20). The van der Waals surface area contributed by atoms with Crippen molar-refractivity contribution in [3.8, 4) is 0 Å². The first-order chi connectivity index (χ1) is 10.2. The normalized spacial score (nSPS) is 11.1. The van der Waals surface area contributed by atoms with Crippen LogP contribution in [0.3, 0.4) is 0 Å². The van der Waals surface area contributed by atoms with Gasteiger partial charge in [-0.1, -0.05) is 11.6 Å². The lowest BCUT2D eigenvalue weighted by molar-refractivity contribution is 0.0919. The summed E-state index contributed by atoms with van der Waals surface area (Å²) in [5.74, 6) is 0.236. The maximum absolute atomic E-state index is 12.0. The summed E-state index contributed by atoms with van der Waals surface area (Å²) >= 11 is 5.92. The average Bonchev–Trinajstić information content (AvgIpc) is 2.41. The van der Waals surface area contributed by atoms with E-state index in [0.717, 1.165) is 11.3 Å². The van der Waals surface area contributed by atoms with Crippen molar-refractivity contribution in [2.75, 3.05) is 5.32 Å². The zero-order valence-electron chi connectivity index (χ0n) is 13.1. The van der Waals surface area contributed by atoms with E-state index in [9.17, 15) is 4.79 Å². The van der Waals surface area contributed by atoms with Crippen molar-refractivity contribution in [3.63, 3.8) is 0 Å². The van der Waals surface area contributed by atoms with Crippen LogP contribution in [0.25, 0.3) is 0 Å². The third-order valence-electron chi connectivity index (χ3n) is 2.84. The van der Waals surface area contributed by atoms with Crippen LogP contribution in [0.2, 0.25) is 5.02 Å². The third kappa shape index (κ3) is 4.43. The number of hydrogen-bond donors (Lipinski definition) is 2. The molecule has 6 heteroatoms. The van der Waals surface area contributed by atoms with E-state index in [1.165, 1.54) is 12.4 Å². The third-order valence-corrected chi connectivity index (χ3v) is 3.07. The van der Waals surface area contributed by atoms with Gasteiger partial charge in [-0.25, -0.2) is 9.97 Å². The molecule has 0 saturated carbocycles. The lowest BCUT2D eigenvalue weighted by Crippen LogP contribution is -2.40. The van der Waals surface area contributed by atoms with Crippen LogP contribution in [0.5, 0.6) is 0 Å². The van der Waals surface area contributed by atoms with Gasteiger partial charge in [0.05, 0.1) is 5.56 Å². The quantitative estimate of drug-likeness (QED) is 0.905. The second-order valence-corrected chi connectivity index (χ2v) is 6.52. The predicted molar refractivity (Wildman–Crippen MR) is 88.7 cm³/mol. The molecule has 0 unspecified atom stereocenters. The Bertz CT molecular complexity index is 678. The monoisotopic (exact) mass is 318 g/mol. The van der Waals surface area contributed by atoms with Crippen molar-refractivity contribution in [2.24, 2.45) is 0 Å². The summed E-state index contributed by atoms with van der Waals surface area (Å²) in [6, 6.07) is 5.51. The molecule has 22 heavy (non-hydrogen) atoms. The molecular formula is C16H19ClN4O. The number of anilines is 2. The van der Waals surface area contributed by atoms with Gasteiger partial charge in [-0.05, 0) is 51.5 Å². The van der Waals surface area contributed by atoms with Gasteiger partial charge in [-0.3, -0.25) is 4.79 Å². The molecule has 0 aliphatic rings. The number of carbonyl (C=O) groups is 1. The summed E-state index contributed by atoms with van der Waals surface area (Å²) in [4.78, 5) is 20.3. The number of rotatable bonds is 3. The number of aryl methyl sites for hydroxylation is 1. The van der Waals surface area contributed by atoms with Crippen LogP contribution in [0.4, 0.5) is 11.6 Å². The molecule has 1 heterocycles. The van der Waals surface area contributed by atoms with Crippen molar-refractivity contribution in [3.05, 3.63) is 46.7 Å². The Labute approximate surface area is 135 Å². The molecule has 0 bridgehead atoms. The van der Waals surface area contributed by atoms with Gasteiger partial charge in [0, 0.05) is 28.6 Å². The lowest BCUT2D eigenvalue weighted by atomic mass is 10.1. The molecule has 0 spiro atoms. The van der Waals surface area contributed by atoms with Crippen molar-refractivity contribution in [2.45, 2.75) is 33.2 Å². The molecule has 116 valence electrons. The molecule has 1 aromatic carbocycles. The molecule has 2 aromatic rings. The molecule has 2 rings (SSSR count). The second kappa shape index (κ2) is 6.32. The number of aromatic nitrogens is 2. The lowest BCUT2D eigenvalue weighted by Gasteiger charge is -2.20. The number of nitrogens with one attached hydrogen (secondary N) is 2. The van der Waals surface area contributed by atoms with Crippen LogP contribution in [0, 0.1) is 6.92 Å². The van der Waals surface area contributed by atoms with Crippen molar-refractivity contribution >= 4 is 29.1 Å². The van der Waals surface area contributed by atoms with Gasteiger partial charge >= 0.3 is 0 Å². The van der Waals surface area contributed by atoms with E-state index < -0.39 is 0 Å². The molecule has 0 aliphatic heterocycles. The van der Waals surface area contributed by atoms with Gasteiger partial charge in [-0.15, -0.1) is 0 Å². The van der Waals surface area contributed by atoms with Crippen molar-refractivity contribution < 1.29 is 4.79 Å². The van der Waals surface area contributed by atoms with Gasteiger partial charge in [0.2, 0.25) is 5.95 Å². The van der Waals surface area contributed by atoms with Crippen molar-refractivity contribution in [1.29, 1.82) is 0 Å². The Morgan fingerprint density at radius 1 is 1.18 bits per heavy atom. The van der Waals surface area contributed by atoms with E-state index in [2.05, 4.69) is 20.6 Å². The molecule has 5 nitrogen and oxygen atoms in total. The molecule has 1 aromatic heterocycles. The van der Waals surface area contributed by atoms with E-state index in [1.54, 1.807) is 6.07 Å². The predicted octanol–water partition coefficient (Wildman–Crippen LogP) is 3.71. The van der Waals surface area contributed by atoms with E-state index in [1.807, 2.05) is 39.8 Å². The highest BCUT2D eigenvalue weighted by Crippen LogP contribution is 2.21. The zero-order valence-corrected chi connectivity index (χ0v) is 13.8. The van der Waals surface area contributed by atoms with Gasteiger partial charge in [0.15, 0.2) is 0 Å². The fourth-order valence-corrected chi connectivity index (χ4v) is 2.04. The van der Waals surface area contributed by atoms with Crippen LogP contribution in [-0.4, -0.2) is 21.4 Å². The number of hydrogen-bond acceptors (Lipinski definition) is 4. The van der Waals surface area contributed by atoms with E-state index in [4.69, 9.17) is 11.6 Å². The Hall–Kier alpha value is -2.14. The summed E-state index contributed by atoms with van der Waals surface area (Å²) in [5.41, 5.74) is 1.99. The van der Waals surface area contributed by atoms with Crippen LogP contribution >= 0.6 is 11.6 Å². The first kappa shape index (κ1) is 16.2. The average molecular weight is 319 g/mol. The van der Waals surface area contributed by atoms with Crippen LogP contribution in [-0.2, 0) is 0 Å². The van der Waals surface area contributed by atoms with E-state index in [0.29, 0.717) is 16.5 Å². The van der Waals surface area contributed by atoms with Crippen molar-refractivity contribution in [1.82, 2.24) is 15.3 Å². The number of carbonyl (C=O) groups excluding carboxylic acids is 1. The van der Waals surface area contributed by atoms with Crippen LogP contribution in [0.15, 0.2) is 30.6 Å². The topological polar surface area (TPSA) is 66.9 Å². The molecule has 0 aliphatic carbocycles. The largest absolute Gasteiger partial charge is 0.347 e. The molecule has 2 N–H and O–H groups in total. The molecule has 0 saturated heterocycles. The SMILES string of the molecule is Cc1cc(Cl)ccc1Nc1ncc(C(=O)NC(C)(C)C)cn1. The summed E-state index contributed by atoms with van der Waals surface area (Å²) in [6.07, 6.45) is 3.00. The highest BCUT2D eigenvalue weighted by Gasteiger charge is 2.15. The Morgan fingerprint density at radius 2 is 1.82 bits per heavy atom. The maximum Gasteiger partial charge on any atom is 0.254 e. The number of amides is 1.